The van der Waals surface area contributed by atoms with E-state index in [4.69, 9.17) is 4.74 Å². The average molecular weight is 357 g/mol. The standard InChI is InChI=1S/C19H23N3O2S/c1-21-8-10-22(11-9-21)17-13-16(4-5-18(17)24-2)20-19(23)6-3-15-7-12-25-14-15/h3-7,12-14H,8-11H2,1-2H3,(H,20,23)/b6-3-. The van der Waals surface area contributed by atoms with Crippen LogP contribution in [0.4, 0.5) is 11.4 Å². The summed E-state index contributed by atoms with van der Waals surface area (Å²) in [5.74, 6) is 0.692. The van der Waals surface area contributed by atoms with Crippen molar-refractivity contribution in [2.45, 2.75) is 0 Å². The Morgan fingerprint density at radius 2 is 2.04 bits per heavy atom. The Balaban J connectivity index is 1.71. The van der Waals surface area contributed by atoms with E-state index in [1.165, 1.54) is 0 Å². The SMILES string of the molecule is COc1ccc(NC(=O)/C=C\c2ccsc2)cc1N1CCN(C)CC1. The van der Waals surface area contributed by atoms with Crippen molar-refractivity contribution in [1.82, 2.24) is 4.90 Å². The predicted molar refractivity (Wildman–Crippen MR) is 105 cm³/mol. The molecule has 1 aliphatic rings. The van der Waals surface area contributed by atoms with Crippen LogP contribution in [0, 0.1) is 0 Å². The van der Waals surface area contributed by atoms with E-state index < -0.39 is 0 Å². The van der Waals surface area contributed by atoms with Crippen LogP contribution in [0.5, 0.6) is 5.75 Å². The molecule has 2 heterocycles. The zero-order chi connectivity index (χ0) is 17.6. The van der Waals surface area contributed by atoms with E-state index in [1.807, 2.05) is 41.1 Å². The molecule has 0 unspecified atom stereocenters. The summed E-state index contributed by atoms with van der Waals surface area (Å²) in [4.78, 5) is 16.8. The monoisotopic (exact) mass is 357 g/mol. The zero-order valence-corrected chi connectivity index (χ0v) is 15.4. The number of rotatable bonds is 5. The van der Waals surface area contributed by atoms with Crippen LogP contribution in [0.15, 0.2) is 41.1 Å². The van der Waals surface area contributed by atoms with Crippen molar-refractivity contribution >= 4 is 34.7 Å². The number of carbonyl (C=O) groups excluding carboxylic acids is 1. The Bertz CT molecular complexity index is 735. The number of carbonyl (C=O) groups is 1. The van der Waals surface area contributed by atoms with E-state index >= 15 is 0 Å². The van der Waals surface area contributed by atoms with Crippen molar-refractivity contribution in [1.29, 1.82) is 0 Å². The van der Waals surface area contributed by atoms with Gasteiger partial charge in [0.15, 0.2) is 0 Å². The summed E-state index contributed by atoms with van der Waals surface area (Å²) in [6.07, 6.45) is 3.37. The summed E-state index contributed by atoms with van der Waals surface area (Å²) in [7, 11) is 3.81. The van der Waals surface area contributed by atoms with Gasteiger partial charge in [0.2, 0.25) is 5.91 Å². The van der Waals surface area contributed by atoms with Crippen LogP contribution in [0.3, 0.4) is 0 Å². The molecule has 2 aromatic rings. The third-order valence-corrected chi connectivity index (χ3v) is 4.96. The van der Waals surface area contributed by atoms with Gasteiger partial charge in [0.1, 0.15) is 5.75 Å². The molecule has 1 saturated heterocycles. The highest BCUT2D eigenvalue weighted by Gasteiger charge is 2.18. The first kappa shape index (κ1) is 17.5. The minimum atomic E-state index is -0.138. The van der Waals surface area contributed by atoms with Crippen LogP contribution in [-0.2, 0) is 4.79 Å². The number of thiophene rings is 1. The average Bonchev–Trinajstić information content (AvgIpc) is 3.14. The van der Waals surface area contributed by atoms with Crippen LogP contribution >= 0.6 is 11.3 Å². The van der Waals surface area contributed by atoms with Crippen LogP contribution < -0.4 is 15.0 Å². The molecule has 3 rings (SSSR count). The van der Waals surface area contributed by atoms with Gasteiger partial charge in [0, 0.05) is 37.9 Å². The van der Waals surface area contributed by atoms with Gasteiger partial charge >= 0.3 is 0 Å². The molecule has 25 heavy (non-hydrogen) atoms. The van der Waals surface area contributed by atoms with E-state index in [0.29, 0.717) is 0 Å². The molecule has 1 amide bonds. The third kappa shape index (κ3) is 4.61. The molecule has 0 atom stereocenters. The molecule has 0 aliphatic carbocycles. The molecule has 0 saturated carbocycles. The lowest BCUT2D eigenvalue weighted by atomic mass is 10.2. The number of ether oxygens (including phenoxy) is 1. The molecule has 1 fully saturated rings. The van der Waals surface area contributed by atoms with Gasteiger partial charge in [0.05, 0.1) is 12.8 Å². The number of hydrogen-bond donors (Lipinski definition) is 1. The Kier molecular flexibility index (Phi) is 5.73. The molecule has 1 aliphatic heterocycles. The van der Waals surface area contributed by atoms with Gasteiger partial charge in [-0.05, 0) is 53.7 Å². The third-order valence-electron chi connectivity index (χ3n) is 4.26. The topological polar surface area (TPSA) is 44.8 Å². The van der Waals surface area contributed by atoms with Crippen molar-refractivity contribution in [2.75, 3.05) is 50.6 Å². The van der Waals surface area contributed by atoms with Crippen molar-refractivity contribution in [3.63, 3.8) is 0 Å². The van der Waals surface area contributed by atoms with E-state index in [-0.39, 0.29) is 5.91 Å². The fourth-order valence-electron chi connectivity index (χ4n) is 2.79. The van der Waals surface area contributed by atoms with Crippen LogP contribution in [0.25, 0.3) is 6.08 Å². The van der Waals surface area contributed by atoms with Crippen LogP contribution in [-0.4, -0.2) is 51.1 Å². The summed E-state index contributed by atoms with van der Waals surface area (Å²) >= 11 is 1.61. The second-order valence-electron chi connectivity index (χ2n) is 6.06. The van der Waals surface area contributed by atoms with Crippen LogP contribution in [0.1, 0.15) is 5.56 Å². The molecule has 0 bridgehead atoms. The Morgan fingerprint density at radius 3 is 2.72 bits per heavy atom. The number of methoxy groups -OCH3 is 1. The van der Waals surface area contributed by atoms with Crippen molar-refractivity contribution in [3.05, 3.63) is 46.7 Å². The summed E-state index contributed by atoms with van der Waals surface area (Å²) in [5.41, 5.74) is 2.83. The molecule has 5 nitrogen and oxygen atoms in total. The van der Waals surface area contributed by atoms with Gasteiger partial charge < -0.3 is 19.9 Å². The van der Waals surface area contributed by atoms with Gasteiger partial charge in [-0.1, -0.05) is 0 Å². The highest BCUT2D eigenvalue weighted by molar-refractivity contribution is 7.08. The Hall–Kier alpha value is -2.31. The Morgan fingerprint density at radius 1 is 1.24 bits per heavy atom. The first-order valence-electron chi connectivity index (χ1n) is 8.28. The molecule has 6 heteroatoms. The second-order valence-corrected chi connectivity index (χ2v) is 6.84. The lowest BCUT2D eigenvalue weighted by Gasteiger charge is -2.34. The van der Waals surface area contributed by atoms with Crippen LogP contribution in [0.2, 0.25) is 0 Å². The Labute approximate surface area is 152 Å². The van der Waals surface area contributed by atoms with E-state index in [2.05, 4.69) is 22.2 Å². The smallest absolute Gasteiger partial charge is 0.248 e. The maximum Gasteiger partial charge on any atom is 0.248 e. The fraction of sp³-hybridized carbons (Fsp3) is 0.316. The number of likely N-dealkylation sites (N-methyl/N-ethyl adjacent to an activating group) is 1. The number of nitrogens with zero attached hydrogens (tertiary/aromatic N) is 2. The number of benzene rings is 1. The van der Waals surface area contributed by atoms with Gasteiger partial charge in [-0.2, -0.15) is 11.3 Å². The molecule has 1 aromatic carbocycles. The highest BCUT2D eigenvalue weighted by atomic mass is 32.1. The predicted octanol–water partition coefficient (Wildman–Crippen LogP) is 3.16. The maximum absolute atomic E-state index is 12.1. The van der Waals surface area contributed by atoms with E-state index in [1.54, 1.807) is 24.5 Å². The molecule has 132 valence electrons. The summed E-state index contributed by atoms with van der Waals surface area (Å²) < 4.78 is 5.50. The van der Waals surface area contributed by atoms with Crippen molar-refractivity contribution in [2.24, 2.45) is 0 Å². The minimum absolute atomic E-state index is 0.138. The van der Waals surface area contributed by atoms with Gasteiger partial charge in [-0.15, -0.1) is 0 Å². The van der Waals surface area contributed by atoms with Crippen molar-refractivity contribution in [3.8, 4) is 5.75 Å². The molecule has 1 N–H and O–H groups in total. The minimum Gasteiger partial charge on any atom is -0.495 e. The van der Waals surface area contributed by atoms with Crippen molar-refractivity contribution < 1.29 is 9.53 Å². The summed E-state index contributed by atoms with van der Waals surface area (Å²) in [5, 5.41) is 6.92. The van der Waals surface area contributed by atoms with E-state index in [9.17, 15) is 4.79 Å². The summed E-state index contributed by atoms with van der Waals surface area (Å²) in [6.45, 7) is 3.93. The molecule has 0 radical (unpaired) electrons. The first-order chi connectivity index (χ1) is 12.2. The quantitative estimate of drug-likeness (QED) is 0.835. The van der Waals surface area contributed by atoms with Gasteiger partial charge in [0.25, 0.3) is 0 Å². The summed E-state index contributed by atoms with van der Waals surface area (Å²) in [6, 6.07) is 7.74. The number of hydrogen-bond acceptors (Lipinski definition) is 5. The fourth-order valence-corrected chi connectivity index (χ4v) is 3.42. The van der Waals surface area contributed by atoms with Gasteiger partial charge in [-0.3, -0.25) is 4.79 Å². The lowest BCUT2D eigenvalue weighted by molar-refractivity contribution is -0.111. The first-order valence-corrected chi connectivity index (χ1v) is 9.23. The highest BCUT2D eigenvalue weighted by Crippen LogP contribution is 2.32. The lowest BCUT2D eigenvalue weighted by Crippen LogP contribution is -2.44. The molecular weight excluding hydrogens is 334 g/mol. The number of nitrogens with one attached hydrogen (secondary N) is 1. The normalized spacial score (nSPS) is 15.5. The number of amides is 1. The zero-order valence-electron chi connectivity index (χ0n) is 14.6. The van der Waals surface area contributed by atoms with Gasteiger partial charge in [-0.25, -0.2) is 0 Å². The molecule has 1 aromatic heterocycles. The molecular formula is C19H23N3O2S. The number of piperazine rings is 1. The largest absolute Gasteiger partial charge is 0.495 e. The molecule has 0 spiro atoms. The second kappa shape index (κ2) is 8.18. The number of anilines is 2. The van der Waals surface area contributed by atoms with E-state index in [0.717, 1.165) is 48.9 Å². The maximum atomic E-state index is 12.1.